The molecule has 1 aromatic heterocycles. The molecule has 0 radical (unpaired) electrons. The summed E-state index contributed by atoms with van der Waals surface area (Å²) < 4.78 is 1.81. The topological polar surface area (TPSA) is 55.1 Å². The molecule has 80 valence electrons. The predicted octanol–water partition coefficient (Wildman–Crippen LogP) is 1.10. The highest BCUT2D eigenvalue weighted by atomic mass is 16.4. The highest BCUT2D eigenvalue weighted by Gasteiger charge is 2.57. The lowest BCUT2D eigenvalue weighted by Gasteiger charge is -2.27. The third-order valence-corrected chi connectivity index (χ3v) is 3.83. The molecule has 0 bridgehead atoms. The number of aliphatic carboxylic acids is 1. The molecule has 1 heterocycles. The highest BCUT2D eigenvalue weighted by molar-refractivity contribution is 5.74. The fourth-order valence-electron chi connectivity index (χ4n) is 2.96. The second-order valence-electron chi connectivity index (χ2n) is 4.76. The van der Waals surface area contributed by atoms with E-state index in [2.05, 4.69) is 5.10 Å². The van der Waals surface area contributed by atoms with E-state index in [1.165, 1.54) is 5.56 Å². The van der Waals surface area contributed by atoms with E-state index in [1.54, 1.807) is 0 Å². The average molecular weight is 206 g/mol. The maximum absolute atomic E-state index is 11.2. The number of fused-ring (bicyclic) bond motifs is 2. The van der Waals surface area contributed by atoms with Crippen LogP contribution < -0.4 is 0 Å². The Morgan fingerprint density at radius 3 is 3.00 bits per heavy atom. The van der Waals surface area contributed by atoms with Crippen LogP contribution in [0.3, 0.4) is 0 Å². The molecule has 0 aliphatic heterocycles. The molecule has 1 saturated carbocycles. The molecule has 1 fully saturated rings. The summed E-state index contributed by atoms with van der Waals surface area (Å²) in [6.45, 7) is 0. The van der Waals surface area contributed by atoms with E-state index in [4.69, 9.17) is 0 Å². The predicted molar refractivity (Wildman–Crippen MR) is 53.6 cm³/mol. The Labute approximate surface area is 87.9 Å². The van der Waals surface area contributed by atoms with Crippen molar-refractivity contribution in [2.24, 2.45) is 13.0 Å². The molecule has 1 unspecified atom stereocenters. The maximum atomic E-state index is 11.2. The van der Waals surface area contributed by atoms with Crippen molar-refractivity contribution < 1.29 is 9.90 Å². The first-order valence-electron chi connectivity index (χ1n) is 5.39. The third-order valence-electron chi connectivity index (χ3n) is 3.83. The van der Waals surface area contributed by atoms with Crippen molar-refractivity contribution in [1.29, 1.82) is 0 Å². The van der Waals surface area contributed by atoms with Crippen molar-refractivity contribution in [3.8, 4) is 0 Å². The Kier molecular flexibility index (Phi) is 1.56. The van der Waals surface area contributed by atoms with Crippen LogP contribution in [0.1, 0.15) is 30.5 Å². The number of carboxylic acids is 1. The van der Waals surface area contributed by atoms with Gasteiger partial charge in [0.1, 0.15) is 0 Å². The SMILES string of the molecule is Cn1cc2c(n1)C1(CC1)C(C(=O)O)CC2. The summed E-state index contributed by atoms with van der Waals surface area (Å²) in [6, 6.07) is 0. The molecular formula is C11H14N2O2. The number of carbonyl (C=O) groups is 1. The van der Waals surface area contributed by atoms with Gasteiger partial charge in [-0.1, -0.05) is 0 Å². The van der Waals surface area contributed by atoms with Gasteiger partial charge in [0.15, 0.2) is 0 Å². The summed E-state index contributed by atoms with van der Waals surface area (Å²) in [5.74, 6) is -0.858. The van der Waals surface area contributed by atoms with E-state index in [0.717, 1.165) is 31.4 Å². The van der Waals surface area contributed by atoms with E-state index in [0.29, 0.717) is 0 Å². The standard InChI is InChI=1S/C11H14N2O2/c1-13-6-7-2-3-8(10(14)15)11(4-5-11)9(7)12-13/h6,8H,2-5H2,1H3,(H,14,15). The number of aromatic nitrogens is 2. The van der Waals surface area contributed by atoms with Crippen molar-refractivity contribution in [2.45, 2.75) is 31.1 Å². The molecule has 15 heavy (non-hydrogen) atoms. The van der Waals surface area contributed by atoms with Crippen LogP contribution in [0.15, 0.2) is 6.20 Å². The molecule has 1 aromatic rings. The zero-order valence-electron chi connectivity index (χ0n) is 8.73. The van der Waals surface area contributed by atoms with Crippen molar-refractivity contribution >= 4 is 5.97 Å². The Morgan fingerprint density at radius 2 is 2.40 bits per heavy atom. The van der Waals surface area contributed by atoms with Gasteiger partial charge in [-0.3, -0.25) is 9.48 Å². The first kappa shape index (κ1) is 8.95. The quantitative estimate of drug-likeness (QED) is 0.748. The summed E-state index contributed by atoms with van der Waals surface area (Å²) in [5.41, 5.74) is 2.21. The van der Waals surface area contributed by atoms with Crippen molar-refractivity contribution in [2.75, 3.05) is 0 Å². The number of carboxylic acid groups (broad SMARTS) is 1. The van der Waals surface area contributed by atoms with Gasteiger partial charge >= 0.3 is 5.97 Å². The molecule has 0 saturated heterocycles. The molecule has 1 N–H and O–H groups in total. The number of hydrogen-bond acceptors (Lipinski definition) is 2. The maximum Gasteiger partial charge on any atom is 0.307 e. The fraction of sp³-hybridized carbons (Fsp3) is 0.636. The van der Waals surface area contributed by atoms with E-state index in [9.17, 15) is 9.90 Å². The van der Waals surface area contributed by atoms with Crippen LogP contribution >= 0.6 is 0 Å². The Morgan fingerprint density at radius 1 is 1.67 bits per heavy atom. The largest absolute Gasteiger partial charge is 0.481 e. The van der Waals surface area contributed by atoms with E-state index in [-0.39, 0.29) is 11.3 Å². The van der Waals surface area contributed by atoms with E-state index in [1.807, 2.05) is 17.9 Å². The molecule has 4 nitrogen and oxygen atoms in total. The molecule has 4 heteroatoms. The van der Waals surface area contributed by atoms with Crippen molar-refractivity contribution in [3.63, 3.8) is 0 Å². The summed E-state index contributed by atoms with van der Waals surface area (Å²) >= 11 is 0. The molecule has 0 amide bonds. The minimum absolute atomic E-state index is 0.110. The van der Waals surface area contributed by atoms with Crippen molar-refractivity contribution in [1.82, 2.24) is 9.78 Å². The third kappa shape index (κ3) is 1.07. The summed E-state index contributed by atoms with van der Waals surface area (Å²) in [7, 11) is 1.91. The molecule has 2 aliphatic carbocycles. The Balaban J connectivity index is 2.09. The minimum atomic E-state index is -0.649. The van der Waals surface area contributed by atoms with Gasteiger partial charge in [-0.05, 0) is 31.2 Å². The van der Waals surface area contributed by atoms with Gasteiger partial charge in [0.2, 0.25) is 0 Å². The van der Waals surface area contributed by atoms with Crippen LogP contribution in [0.5, 0.6) is 0 Å². The van der Waals surface area contributed by atoms with Crippen molar-refractivity contribution in [3.05, 3.63) is 17.5 Å². The van der Waals surface area contributed by atoms with Gasteiger partial charge in [-0.2, -0.15) is 5.10 Å². The van der Waals surface area contributed by atoms with E-state index >= 15 is 0 Å². The molecular weight excluding hydrogens is 192 g/mol. The summed E-state index contributed by atoms with van der Waals surface area (Å²) in [5, 5.41) is 13.7. The van der Waals surface area contributed by atoms with Gasteiger partial charge in [0.05, 0.1) is 11.6 Å². The minimum Gasteiger partial charge on any atom is -0.481 e. The molecule has 1 spiro atoms. The van der Waals surface area contributed by atoms with Gasteiger partial charge < -0.3 is 5.11 Å². The Bertz CT molecular complexity index is 432. The summed E-state index contributed by atoms with van der Waals surface area (Å²) in [6.07, 6.45) is 5.66. The van der Waals surface area contributed by atoms with Crippen LogP contribution in [0.2, 0.25) is 0 Å². The van der Waals surface area contributed by atoms with Gasteiger partial charge in [-0.15, -0.1) is 0 Å². The van der Waals surface area contributed by atoms with Crippen LogP contribution in [0.25, 0.3) is 0 Å². The lowest BCUT2D eigenvalue weighted by atomic mass is 9.76. The smallest absolute Gasteiger partial charge is 0.307 e. The fourth-order valence-corrected chi connectivity index (χ4v) is 2.96. The first-order chi connectivity index (χ1) is 7.13. The first-order valence-corrected chi connectivity index (χ1v) is 5.39. The normalized spacial score (nSPS) is 26.3. The molecule has 0 aromatic carbocycles. The zero-order chi connectivity index (χ0) is 10.6. The summed E-state index contributed by atoms with van der Waals surface area (Å²) in [4.78, 5) is 11.2. The molecule has 2 aliphatic rings. The van der Waals surface area contributed by atoms with E-state index < -0.39 is 5.97 Å². The number of rotatable bonds is 1. The van der Waals surface area contributed by atoms with Gasteiger partial charge in [-0.25, -0.2) is 0 Å². The number of aryl methyl sites for hydroxylation is 2. The van der Waals surface area contributed by atoms with Crippen LogP contribution in [0.4, 0.5) is 0 Å². The van der Waals surface area contributed by atoms with Gasteiger partial charge in [0, 0.05) is 18.7 Å². The second kappa shape index (κ2) is 2.62. The lowest BCUT2D eigenvalue weighted by Crippen LogP contribution is -2.33. The van der Waals surface area contributed by atoms with Gasteiger partial charge in [0.25, 0.3) is 0 Å². The number of nitrogens with zero attached hydrogens (tertiary/aromatic N) is 2. The average Bonchev–Trinajstić information content (AvgIpc) is 2.82. The Hall–Kier alpha value is -1.32. The molecule has 3 rings (SSSR count). The highest BCUT2D eigenvalue weighted by Crippen LogP contribution is 2.57. The zero-order valence-corrected chi connectivity index (χ0v) is 8.73. The second-order valence-corrected chi connectivity index (χ2v) is 4.76. The van der Waals surface area contributed by atoms with Crippen LogP contribution in [-0.2, 0) is 23.7 Å². The van der Waals surface area contributed by atoms with Crippen LogP contribution in [-0.4, -0.2) is 20.9 Å². The lowest BCUT2D eigenvalue weighted by molar-refractivity contribution is -0.143. The number of hydrogen-bond donors (Lipinski definition) is 1. The molecule has 1 atom stereocenters. The van der Waals surface area contributed by atoms with Crippen LogP contribution in [0, 0.1) is 5.92 Å². The monoisotopic (exact) mass is 206 g/mol.